The first kappa shape index (κ1) is 19.0. The highest BCUT2D eigenvalue weighted by Gasteiger charge is 2.50. The predicted molar refractivity (Wildman–Crippen MR) is 95.5 cm³/mol. The van der Waals surface area contributed by atoms with E-state index in [1.54, 1.807) is 6.07 Å². The maximum Gasteiger partial charge on any atom is 0.329 e. The summed E-state index contributed by atoms with van der Waals surface area (Å²) in [5.41, 5.74) is 0. The minimum Gasteiger partial charge on any atom is -0.454 e. The summed E-state index contributed by atoms with van der Waals surface area (Å²) in [6.07, 6.45) is 6.08. The van der Waals surface area contributed by atoms with E-state index in [-0.39, 0.29) is 17.6 Å². The number of nitrogens with one attached hydrogen (secondary N) is 1. The molecule has 1 aromatic rings. The second-order valence-electron chi connectivity index (χ2n) is 6.40. The Labute approximate surface area is 160 Å². The molecule has 3 rings (SSSR count). The van der Waals surface area contributed by atoms with E-state index < -0.39 is 36.4 Å². The lowest BCUT2D eigenvalue weighted by atomic mass is 9.85. The predicted octanol–water partition coefficient (Wildman–Crippen LogP) is 1.56. The SMILES string of the molecule is C[C@@H](C(=O)OCC(=O)Nc1ccc(Cl)cn1)N1C(=O)[C@@H]2CC=CC[C@H]2C1=O. The maximum atomic E-state index is 12.5. The van der Waals surface area contributed by atoms with Gasteiger partial charge in [0.05, 0.1) is 16.9 Å². The molecule has 0 unspecified atom stereocenters. The molecule has 3 atom stereocenters. The largest absolute Gasteiger partial charge is 0.454 e. The number of esters is 1. The number of rotatable bonds is 5. The number of imide groups is 1. The first-order valence-corrected chi connectivity index (χ1v) is 8.86. The van der Waals surface area contributed by atoms with Gasteiger partial charge in [-0.25, -0.2) is 9.78 Å². The van der Waals surface area contributed by atoms with Crippen molar-refractivity contribution in [3.63, 3.8) is 0 Å². The molecule has 0 radical (unpaired) electrons. The fourth-order valence-corrected chi connectivity index (χ4v) is 3.31. The minimum absolute atomic E-state index is 0.259. The Bertz CT molecular complexity index is 782. The van der Waals surface area contributed by atoms with Crippen LogP contribution in [0.1, 0.15) is 19.8 Å². The summed E-state index contributed by atoms with van der Waals surface area (Å²) in [5, 5.41) is 2.87. The molecule has 1 aliphatic heterocycles. The van der Waals surface area contributed by atoms with Crippen molar-refractivity contribution in [2.75, 3.05) is 11.9 Å². The standard InChI is InChI=1S/C18H18ClN3O5/c1-10(22-16(24)12-4-2-3-5-13(12)17(22)25)18(26)27-9-15(23)21-14-7-6-11(19)8-20-14/h2-3,6-8,10,12-13H,4-5,9H2,1H3,(H,20,21,23)/t10-,12+,13+/m0/s1. The van der Waals surface area contributed by atoms with Gasteiger partial charge in [0, 0.05) is 6.20 Å². The van der Waals surface area contributed by atoms with Crippen LogP contribution in [0.3, 0.4) is 0 Å². The zero-order valence-corrected chi connectivity index (χ0v) is 15.3. The molecule has 2 heterocycles. The third-order valence-electron chi connectivity index (χ3n) is 4.61. The summed E-state index contributed by atoms with van der Waals surface area (Å²) in [4.78, 5) is 53.9. The van der Waals surface area contributed by atoms with Crippen molar-refractivity contribution in [2.45, 2.75) is 25.8 Å². The Morgan fingerprint density at radius 2 is 1.89 bits per heavy atom. The molecule has 1 saturated heterocycles. The average molecular weight is 392 g/mol. The number of halogens is 1. The van der Waals surface area contributed by atoms with E-state index in [1.165, 1.54) is 19.2 Å². The van der Waals surface area contributed by atoms with Gasteiger partial charge in [-0.2, -0.15) is 0 Å². The number of ether oxygens (including phenoxy) is 1. The van der Waals surface area contributed by atoms with E-state index in [1.807, 2.05) is 12.2 Å². The molecule has 1 N–H and O–H groups in total. The fourth-order valence-electron chi connectivity index (χ4n) is 3.20. The number of nitrogens with zero attached hydrogens (tertiary/aromatic N) is 2. The number of pyridine rings is 1. The average Bonchev–Trinajstić information content (AvgIpc) is 2.92. The number of anilines is 1. The number of carbonyl (C=O) groups excluding carboxylic acids is 4. The van der Waals surface area contributed by atoms with Crippen LogP contribution < -0.4 is 5.32 Å². The lowest BCUT2D eigenvalue weighted by Crippen LogP contribution is -2.45. The Balaban J connectivity index is 1.54. The Hall–Kier alpha value is -2.74. The molecule has 0 bridgehead atoms. The van der Waals surface area contributed by atoms with E-state index in [9.17, 15) is 19.2 Å². The van der Waals surface area contributed by atoms with Gasteiger partial charge in [-0.3, -0.25) is 19.3 Å². The molecule has 8 nitrogen and oxygen atoms in total. The van der Waals surface area contributed by atoms with Gasteiger partial charge in [-0.1, -0.05) is 23.8 Å². The molecular weight excluding hydrogens is 374 g/mol. The summed E-state index contributed by atoms with van der Waals surface area (Å²) in [5.74, 6) is -2.73. The molecule has 27 heavy (non-hydrogen) atoms. The van der Waals surface area contributed by atoms with E-state index >= 15 is 0 Å². The van der Waals surface area contributed by atoms with Gasteiger partial charge in [-0.05, 0) is 31.9 Å². The van der Waals surface area contributed by atoms with Crippen LogP contribution in [0.25, 0.3) is 0 Å². The monoisotopic (exact) mass is 391 g/mol. The van der Waals surface area contributed by atoms with Crippen LogP contribution in [-0.2, 0) is 23.9 Å². The summed E-state index contributed by atoms with van der Waals surface area (Å²) in [6, 6.07) is 1.97. The summed E-state index contributed by atoms with van der Waals surface area (Å²) in [7, 11) is 0. The zero-order valence-electron chi connectivity index (χ0n) is 14.6. The van der Waals surface area contributed by atoms with Gasteiger partial charge in [0.1, 0.15) is 11.9 Å². The van der Waals surface area contributed by atoms with Gasteiger partial charge < -0.3 is 10.1 Å². The maximum absolute atomic E-state index is 12.5. The molecule has 142 valence electrons. The van der Waals surface area contributed by atoms with E-state index in [0.717, 1.165) is 4.90 Å². The molecule has 1 aromatic heterocycles. The third-order valence-corrected chi connectivity index (χ3v) is 4.83. The van der Waals surface area contributed by atoms with E-state index in [0.29, 0.717) is 17.9 Å². The quantitative estimate of drug-likeness (QED) is 0.464. The highest BCUT2D eigenvalue weighted by atomic mass is 35.5. The topological polar surface area (TPSA) is 106 Å². The molecule has 3 amide bonds. The van der Waals surface area contributed by atoms with Crippen molar-refractivity contribution in [3.8, 4) is 0 Å². The molecule has 1 aliphatic carbocycles. The van der Waals surface area contributed by atoms with Crippen molar-refractivity contribution < 1.29 is 23.9 Å². The summed E-state index contributed by atoms with van der Waals surface area (Å²) in [6.45, 7) is 0.861. The van der Waals surface area contributed by atoms with Crippen LogP contribution in [-0.4, -0.2) is 46.2 Å². The summed E-state index contributed by atoms with van der Waals surface area (Å²) >= 11 is 5.71. The lowest BCUT2D eigenvalue weighted by Gasteiger charge is -2.21. The second-order valence-corrected chi connectivity index (χ2v) is 6.83. The van der Waals surface area contributed by atoms with Crippen LogP contribution in [0.5, 0.6) is 0 Å². The molecule has 9 heteroatoms. The molecular formula is C18H18ClN3O5. The van der Waals surface area contributed by atoms with Crippen LogP contribution >= 0.6 is 11.6 Å². The number of amides is 3. The second kappa shape index (κ2) is 7.87. The highest BCUT2D eigenvalue weighted by molar-refractivity contribution is 6.30. The van der Waals surface area contributed by atoms with Gasteiger partial charge >= 0.3 is 5.97 Å². The minimum atomic E-state index is -1.09. The zero-order chi connectivity index (χ0) is 19.6. The molecule has 1 fully saturated rings. The Morgan fingerprint density at radius 1 is 1.26 bits per heavy atom. The first-order valence-electron chi connectivity index (χ1n) is 8.48. The third kappa shape index (κ3) is 4.00. The van der Waals surface area contributed by atoms with Crippen LogP contribution in [0, 0.1) is 11.8 Å². The smallest absolute Gasteiger partial charge is 0.329 e. The van der Waals surface area contributed by atoms with Crippen molar-refractivity contribution in [1.82, 2.24) is 9.88 Å². The Kier molecular flexibility index (Phi) is 5.55. The molecule has 0 spiro atoms. The lowest BCUT2D eigenvalue weighted by molar-refractivity contribution is -0.159. The normalized spacial score (nSPS) is 22.4. The van der Waals surface area contributed by atoms with Crippen molar-refractivity contribution in [2.24, 2.45) is 11.8 Å². The van der Waals surface area contributed by atoms with Crippen molar-refractivity contribution >= 4 is 41.1 Å². The summed E-state index contributed by atoms with van der Waals surface area (Å²) < 4.78 is 4.96. The molecule has 0 aromatic carbocycles. The van der Waals surface area contributed by atoms with Crippen LogP contribution in [0.4, 0.5) is 5.82 Å². The highest BCUT2D eigenvalue weighted by Crippen LogP contribution is 2.36. The number of aromatic nitrogens is 1. The number of carbonyl (C=O) groups is 4. The van der Waals surface area contributed by atoms with Gasteiger partial charge in [-0.15, -0.1) is 0 Å². The molecule has 0 saturated carbocycles. The number of likely N-dealkylation sites (tertiary alicyclic amines) is 1. The van der Waals surface area contributed by atoms with Gasteiger partial charge in [0.25, 0.3) is 5.91 Å². The van der Waals surface area contributed by atoms with Gasteiger partial charge in [0.15, 0.2) is 6.61 Å². The van der Waals surface area contributed by atoms with E-state index in [4.69, 9.17) is 16.3 Å². The van der Waals surface area contributed by atoms with Crippen molar-refractivity contribution in [3.05, 3.63) is 35.5 Å². The van der Waals surface area contributed by atoms with Crippen LogP contribution in [0.2, 0.25) is 5.02 Å². The Morgan fingerprint density at radius 3 is 2.44 bits per heavy atom. The number of allylic oxidation sites excluding steroid dienone is 2. The fraction of sp³-hybridized carbons (Fsp3) is 0.389. The first-order chi connectivity index (χ1) is 12.9. The van der Waals surface area contributed by atoms with Gasteiger partial charge in [0.2, 0.25) is 11.8 Å². The number of hydrogen-bond acceptors (Lipinski definition) is 6. The number of hydrogen-bond donors (Lipinski definition) is 1. The van der Waals surface area contributed by atoms with Crippen LogP contribution in [0.15, 0.2) is 30.5 Å². The van der Waals surface area contributed by atoms with E-state index in [2.05, 4.69) is 10.3 Å². The van der Waals surface area contributed by atoms with Crippen molar-refractivity contribution in [1.29, 1.82) is 0 Å². The molecule has 2 aliphatic rings. The number of fused-ring (bicyclic) bond motifs is 1.